The minimum absolute atomic E-state index is 0.0665. The van der Waals surface area contributed by atoms with Crippen molar-refractivity contribution in [3.05, 3.63) is 12.2 Å². The highest BCUT2D eigenvalue weighted by atomic mass is 16.6. The van der Waals surface area contributed by atoms with Gasteiger partial charge in [-0.05, 0) is 32.1 Å². The average Bonchev–Trinajstić information content (AvgIpc) is 3.41. The molecule has 140 valence electrons. The Balaban J connectivity index is 1.72. The average molecular weight is 339 g/mol. The molecule has 0 N–H and O–H groups in total. The van der Waals surface area contributed by atoms with E-state index in [1.54, 1.807) is 0 Å². The minimum atomic E-state index is -0.0665. The van der Waals surface area contributed by atoms with Gasteiger partial charge < -0.3 is 9.47 Å². The highest BCUT2D eigenvalue weighted by molar-refractivity contribution is 5.69. The van der Waals surface area contributed by atoms with Crippen LogP contribution in [0.15, 0.2) is 12.2 Å². The molecular weight excluding hydrogens is 300 g/mol. The van der Waals surface area contributed by atoms with Gasteiger partial charge in [-0.25, -0.2) is 0 Å². The molecule has 1 fully saturated rings. The second kappa shape index (κ2) is 15.7. The zero-order valence-corrected chi connectivity index (χ0v) is 15.8. The van der Waals surface area contributed by atoms with Crippen LogP contribution in [0.2, 0.25) is 0 Å². The van der Waals surface area contributed by atoms with Gasteiger partial charge in [0.1, 0.15) is 12.7 Å². The number of carbonyl (C=O) groups excluding carboxylic acids is 1. The smallest absolute Gasteiger partial charge is 0.305 e. The fraction of sp³-hybridized carbons (Fsp3) is 0.857. The van der Waals surface area contributed by atoms with Crippen molar-refractivity contribution < 1.29 is 14.3 Å². The first kappa shape index (κ1) is 21.2. The van der Waals surface area contributed by atoms with Gasteiger partial charge in [-0.15, -0.1) is 0 Å². The molecule has 0 radical (unpaired) electrons. The van der Waals surface area contributed by atoms with Crippen molar-refractivity contribution in [2.45, 2.75) is 103 Å². The molecule has 1 aliphatic rings. The van der Waals surface area contributed by atoms with Gasteiger partial charge in [0.25, 0.3) is 0 Å². The molecule has 1 atom stereocenters. The second-order valence-corrected chi connectivity index (χ2v) is 6.97. The summed E-state index contributed by atoms with van der Waals surface area (Å²) in [7, 11) is 0. The molecule has 0 bridgehead atoms. The van der Waals surface area contributed by atoms with Gasteiger partial charge >= 0.3 is 5.97 Å². The van der Waals surface area contributed by atoms with E-state index in [-0.39, 0.29) is 12.1 Å². The van der Waals surface area contributed by atoms with E-state index in [0.29, 0.717) is 13.0 Å². The zero-order valence-electron chi connectivity index (χ0n) is 15.8. The van der Waals surface area contributed by atoms with Crippen molar-refractivity contribution in [3.8, 4) is 0 Å². The quantitative estimate of drug-likeness (QED) is 0.142. The van der Waals surface area contributed by atoms with Crippen molar-refractivity contribution in [2.24, 2.45) is 0 Å². The van der Waals surface area contributed by atoms with Crippen LogP contribution in [-0.2, 0) is 14.3 Å². The molecule has 0 aromatic heterocycles. The number of hydrogen-bond donors (Lipinski definition) is 0. The van der Waals surface area contributed by atoms with E-state index < -0.39 is 0 Å². The highest BCUT2D eigenvalue weighted by Crippen LogP contribution is 2.12. The van der Waals surface area contributed by atoms with Crippen LogP contribution in [0.5, 0.6) is 0 Å². The van der Waals surface area contributed by atoms with Crippen LogP contribution in [0.25, 0.3) is 0 Å². The lowest BCUT2D eigenvalue weighted by molar-refractivity contribution is -0.144. The van der Waals surface area contributed by atoms with Crippen LogP contribution in [0.1, 0.15) is 96.8 Å². The van der Waals surface area contributed by atoms with Crippen molar-refractivity contribution in [3.63, 3.8) is 0 Å². The van der Waals surface area contributed by atoms with Crippen LogP contribution in [0.4, 0.5) is 0 Å². The maximum atomic E-state index is 11.4. The summed E-state index contributed by atoms with van der Waals surface area (Å²) < 4.78 is 10.1. The van der Waals surface area contributed by atoms with Crippen LogP contribution in [0.3, 0.4) is 0 Å². The number of rotatable bonds is 17. The van der Waals surface area contributed by atoms with Crippen LogP contribution in [-0.4, -0.2) is 25.3 Å². The Kier molecular flexibility index (Phi) is 13.9. The topological polar surface area (TPSA) is 38.8 Å². The summed E-state index contributed by atoms with van der Waals surface area (Å²) in [5.41, 5.74) is 0. The van der Waals surface area contributed by atoms with E-state index in [1.807, 2.05) is 0 Å². The Morgan fingerprint density at radius 1 is 0.917 bits per heavy atom. The summed E-state index contributed by atoms with van der Waals surface area (Å²) in [5, 5.41) is 0. The Hall–Kier alpha value is -0.830. The minimum Gasteiger partial charge on any atom is -0.463 e. The number of esters is 1. The van der Waals surface area contributed by atoms with Gasteiger partial charge in [-0.1, -0.05) is 70.4 Å². The summed E-state index contributed by atoms with van der Waals surface area (Å²) in [5.74, 6) is -0.0665. The largest absolute Gasteiger partial charge is 0.463 e. The predicted molar refractivity (Wildman–Crippen MR) is 100 cm³/mol. The Bertz CT molecular complexity index is 321. The standard InChI is InChI=1S/C21H38O3/c1-2-3-4-5-6-7-8-9-10-11-12-13-14-15-16-17-21(22)24-19-20-18-23-20/h9-10,20H,2-8,11-19H2,1H3/b10-9+. The molecule has 24 heavy (non-hydrogen) atoms. The van der Waals surface area contributed by atoms with E-state index in [1.165, 1.54) is 70.6 Å². The monoisotopic (exact) mass is 338 g/mol. The third-order valence-electron chi connectivity index (χ3n) is 4.48. The fourth-order valence-electron chi connectivity index (χ4n) is 2.76. The first-order valence-electron chi connectivity index (χ1n) is 10.2. The third-order valence-corrected chi connectivity index (χ3v) is 4.48. The molecule has 0 aliphatic carbocycles. The normalized spacial score (nSPS) is 16.6. The number of allylic oxidation sites excluding steroid dienone is 2. The molecule has 1 unspecified atom stereocenters. The number of hydrogen-bond acceptors (Lipinski definition) is 3. The van der Waals surface area contributed by atoms with Crippen molar-refractivity contribution in [2.75, 3.05) is 13.2 Å². The Morgan fingerprint density at radius 2 is 1.46 bits per heavy atom. The molecule has 1 aliphatic heterocycles. The van der Waals surface area contributed by atoms with Gasteiger partial charge in [0.05, 0.1) is 6.61 Å². The summed E-state index contributed by atoms with van der Waals surface area (Å²) >= 11 is 0. The van der Waals surface area contributed by atoms with Gasteiger partial charge in [-0.2, -0.15) is 0 Å². The van der Waals surface area contributed by atoms with E-state index >= 15 is 0 Å². The maximum Gasteiger partial charge on any atom is 0.305 e. The van der Waals surface area contributed by atoms with Gasteiger partial charge in [0.15, 0.2) is 0 Å². The molecule has 0 spiro atoms. The molecular formula is C21H38O3. The first-order chi connectivity index (χ1) is 11.8. The fourth-order valence-corrected chi connectivity index (χ4v) is 2.76. The van der Waals surface area contributed by atoms with Crippen LogP contribution in [0, 0.1) is 0 Å². The van der Waals surface area contributed by atoms with Gasteiger partial charge in [0, 0.05) is 6.42 Å². The lowest BCUT2D eigenvalue weighted by atomic mass is 10.1. The molecule has 3 heteroatoms. The number of carbonyl (C=O) groups is 1. The number of epoxide rings is 1. The van der Waals surface area contributed by atoms with Crippen molar-refractivity contribution >= 4 is 5.97 Å². The van der Waals surface area contributed by atoms with Gasteiger partial charge in [-0.3, -0.25) is 4.79 Å². The van der Waals surface area contributed by atoms with E-state index in [0.717, 1.165) is 19.4 Å². The highest BCUT2D eigenvalue weighted by Gasteiger charge is 2.23. The molecule has 0 amide bonds. The molecule has 0 aromatic carbocycles. The zero-order chi connectivity index (χ0) is 17.3. The summed E-state index contributed by atoms with van der Waals surface area (Å²) in [6.45, 7) is 3.47. The third kappa shape index (κ3) is 14.7. The van der Waals surface area contributed by atoms with Crippen molar-refractivity contribution in [1.82, 2.24) is 0 Å². The lowest BCUT2D eigenvalue weighted by Gasteiger charge is -2.02. The van der Waals surface area contributed by atoms with Crippen LogP contribution < -0.4 is 0 Å². The summed E-state index contributed by atoms with van der Waals surface area (Å²) in [6, 6.07) is 0. The molecule has 3 nitrogen and oxygen atoms in total. The SMILES string of the molecule is CCCCCCCC/C=C/CCCCCCCC(=O)OCC1CO1. The van der Waals surface area contributed by atoms with E-state index in [4.69, 9.17) is 9.47 Å². The number of unbranched alkanes of at least 4 members (excludes halogenated alkanes) is 11. The molecule has 0 aromatic rings. The molecule has 1 rings (SSSR count). The maximum absolute atomic E-state index is 11.4. The predicted octanol–water partition coefficient (Wildman–Crippen LogP) is 5.97. The molecule has 0 saturated carbocycles. The summed E-state index contributed by atoms with van der Waals surface area (Å²) in [4.78, 5) is 11.4. The van der Waals surface area contributed by atoms with Crippen molar-refractivity contribution in [1.29, 1.82) is 0 Å². The second-order valence-electron chi connectivity index (χ2n) is 6.97. The van der Waals surface area contributed by atoms with E-state index in [9.17, 15) is 4.79 Å². The lowest BCUT2D eigenvalue weighted by Crippen LogP contribution is -2.09. The Morgan fingerprint density at radius 3 is 2.04 bits per heavy atom. The summed E-state index contributed by atoms with van der Waals surface area (Å²) in [6.07, 6.45) is 22.1. The van der Waals surface area contributed by atoms with Gasteiger partial charge in [0.2, 0.25) is 0 Å². The first-order valence-corrected chi connectivity index (χ1v) is 10.2. The Labute approximate surface area is 149 Å². The molecule has 1 heterocycles. The molecule has 1 saturated heterocycles. The van der Waals surface area contributed by atoms with Crippen LogP contribution >= 0.6 is 0 Å². The number of ether oxygens (including phenoxy) is 2. The van der Waals surface area contributed by atoms with E-state index in [2.05, 4.69) is 19.1 Å².